The van der Waals surface area contributed by atoms with Gasteiger partial charge in [-0.3, -0.25) is 4.79 Å². The number of benzene rings is 2. The molecule has 37 heavy (non-hydrogen) atoms. The smallest absolute Gasteiger partial charge is 0.246 e. The molecule has 9 nitrogen and oxygen atoms in total. The van der Waals surface area contributed by atoms with E-state index in [-0.39, 0.29) is 19.0 Å². The molecular weight excluding hydrogens is 539 g/mol. The number of hydrogen-bond acceptors (Lipinski definition) is 10. The van der Waals surface area contributed by atoms with E-state index in [0.29, 0.717) is 53.9 Å². The van der Waals surface area contributed by atoms with Gasteiger partial charge in [0.2, 0.25) is 5.91 Å². The van der Waals surface area contributed by atoms with Crippen LogP contribution in [0.2, 0.25) is 5.02 Å². The minimum Gasteiger partial charge on any atom is -0.487 e. The highest BCUT2D eigenvalue weighted by Gasteiger charge is 2.16. The minimum atomic E-state index is -0.570. The number of hydrogen-bond donors (Lipinski definition) is 3. The molecule has 3 aromatic heterocycles. The lowest BCUT2D eigenvalue weighted by atomic mass is 10.2. The molecule has 0 aliphatic carbocycles. The Morgan fingerprint density at radius 1 is 1.14 bits per heavy atom. The summed E-state index contributed by atoms with van der Waals surface area (Å²) in [5.74, 6) is 0.181. The number of aliphatic hydroxyl groups is 1. The third-order valence-electron chi connectivity index (χ3n) is 5.02. The third-order valence-corrected chi connectivity index (χ3v) is 7.31. The molecule has 0 radical (unpaired) electrons. The van der Waals surface area contributed by atoms with Crippen LogP contribution in [0.15, 0.2) is 54.2 Å². The van der Waals surface area contributed by atoms with Crippen molar-refractivity contribution in [2.24, 2.45) is 0 Å². The van der Waals surface area contributed by atoms with Crippen molar-refractivity contribution < 1.29 is 19.0 Å². The molecular formula is C24H18ClFN6O3S2. The lowest BCUT2D eigenvalue weighted by Crippen LogP contribution is -2.25. The molecule has 5 aromatic rings. The maximum Gasteiger partial charge on any atom is 0.246 e. The van der Waals surface area contributed by atoms with Crippen molar-refractivity contribution in [1.82, 2.24) is 25.3 Å². The van der Waals surface area contributed by atoms with E-state index in [1.54, 1.807) is 30.3 Å². The highest BCUT2D eigenvalue weighted by molar-refractivity contribution is 7.24. The average molecular weight is 557 g/mol. The Kier molecular flexibility index (Phi) is 7.51. The summed E-state index contributed by atoms with van der Waals surface area (Å²) in [5.41, 5.74) is 2.62. The van der Waals surface area contributed by atoms with E-state index < -0.39 is 12.5 Å². The fourth-order valence-corrected chi connectivity index (χ4v) is 5.29. The Hall–Kier alpha value is -3.71. The summed E-state index contributed by atoms with van der Waals surface area (Å²) in [6.45, 7) is -0.167. The number of aliphatic hydroxyl groups excluding tert-OH is 1. The number of carbonyl (C=O) groups excluding carboxylic acids is 1. The van der Waals surface area contributed by atoms with Gasteiger partial charge in [-0.1, -0.05) is 35.1 Å². The monoisotopic (exact) mass is 556 g/mol. The summed E-state index contributed by atoms with van der Waals surface area (Å²) in [5, 5.41) is 18.2. The molecule has 0 fully saturated rings. The number of carbonyl (C=O) groups is 1. The summed E-state index contributed by atoms with van der Waals surface area (Å²) >= 11 is 9.19. The molecule has 0 saturated carbocycles. The second-order valence-electron chi connectivity index (χ2n) is 7.66. The second kappa shape index (κ2) is 11.1. The van der Waals surface area contributed by atoms with Gasteiger partial charge in [0, 0.05) is 11.1 Å². The molecule has 13 heteroatoms. The van der Waals surface area contributed by atoms with Crippen molar-refractivity contribution in [3.63, 3.8) is 0 Å². The predicted molar refractivity (Wildman–Crippen MR) is 141 cm³/mol. The number of nitrogens with one attached hydrogen (secondary N) is 2. The summed E-state index contributed by atoms with van der Waals surface area (Å²) in [6.07, 6.45) is 1.45. The molecule has 0 spiro atoms. The lowest BCUT2D eigenvalue weighted by molar-refractivity contribution is -0.123. The highest BCUT2D eigenvalue weighted by Crippen LogP contribution is 2.35. The Labute approximate surface area is 223 Å². The zero-order valence-corrected chi connectivity index (χ0v) is 21.3. The Balaban J connectivity index is 1.30. The molecule has 2 aromatic carbocycles. The lowest BCUT2D eigenvalue weighted by Gasteiger charge is -2.11. The standard InChI is InChI=1S/C24H18ClFN6O3S2/c25-17-7-15(4-5-18(17)35-10-13-2-1-3-14(26)6-13)30-21-20-22(29-12-28-21)37-24(32-20)23-31-16(11-36-23)8-27-19(34)9-33/h1-7,11-12,33H,8-10H2,(H,27,34)(H,28,29,30). The van der Waals surface area contributed by atoms with E-state index in [4.69, 9.17) is 21.4 Å². The van der Waals surface area contributed by atoms with Crippen LogP contribution in [-0.2, 0) is 17.9 Å². The number of amides is 1. The molecule has 3 heterocycles. The van der Waals surface area contributed by atoms with Crippen molar-refractivity contribution in [2.75, 3.05) is 11.9 Å². The molecule has 0 aliphatic rings. The molecule has 0 atom stereocenters. The summed E-state index contributed by atoms with van der Waals surface area (Å²) in [6, 6.07) is 11.4. The fraction of sp³-hybridized carbons (Fsp3) is 0.125. The van der Waals surface area contributed by atoms with Crippen LogP contribution in [0.4, 0.5) is 15.9 Å². The van der Waals surface area contributed by atoms with Gasteiger partial charge in [0.25, 0.3) is 0 Å². The summed E-state index contributed by atoms with van der Waals surface area (Å²) in [7, 11) is 0. The van der Waals surface area contributed by atoms with Crippen LogP contribution in [0.25, 0.3) is 20.4 Å². The number of halogens is 2. The normalized spacial score (nSPS) is 11.0. The Morgan fingerprint density at radius 2 is 2.03 bits per heavy atom. The minimum absolute atomic E-state index is 0.185. The SMILES string of the molecule is O=C(CO)NCc1csc(-c2nc3c(Nc4ccc(OCc5cccc(F)c5)c(Cl)c4)ncnc3s2)n1. The first-order valence-corrected chi connectivity index (χ1v) is 12.9. The molecule has 3 N–H and O–H groups in total. The first-order valence-electron chi connectivity index (χ1n) is 10.9. The van der Waals surface area contributed by atoms with Gasteiger partial charge < -0.3 is 20.5 Å². The number of nitrogens with zero attached hydrogens (tertiary/aromatic N) is 4. The van der Waals surface area contributed by atoms with Crippen LogP contribution in [0.3, 0.4) is 0 Å². The van der Waals surface area contributed by atoms with Crippen molar-refractivity contribution in [3.8, 4) is 15.8 Å². The quantitative estimate of drug-likeness (QED) is 0.233. The number of aromatic nitrogens is 4. The highest BCUT2D eigenvalue weighted by atomic mass is 35.5. The van der Waals surface area contributed by atoms with Gasteiger partial charge in [-0.15, -0.1) is 11.3 Å². The molecule has 0 unspecified atom stereocenters. The molecule has 1 amide bonds. The van der Waals surface area contributed by atoms with Crippen LogP contribution < -0.4 is 15.4 Å². The molecule has 5 rings (SSSR count). The average Bonchev–Trinajstić information content (AvgIpc) is 3.54. The van der Waals surface area contributed by atoms with Gasteiger partial charge in [-0.05, 0) is 35.9 Å². The zero-order valence-electron chi connectivity index (χ0n) is 18.9. The van der Waals surface area contributed by atoms with Gasteiger partial charge in [0.05, 0.1) is 17.3 Å². The first-order chi connectivity index (χ1) is 18.0. The Morgan fingerprint density at radius 3 is 2.84 bits per heavy atom. The molecule has 0 aliphatic heterocycles. The number of rotatable bonds is 9. The van der Waals surface area contributed by atoms with E-state index in [2.05, 4.69) is 30.6 Å². The number of thiazole rings is 2. The van der Waals surface area contributed by atoms with E-state index in [9.17, 15) is 9.18 Å². The zero-order chi connectivity index (χ0) is 25.8. The largest absolute Gasteiger partial charge is 0.487 e. The summed E-state index contributed by atoms with van der Waals surface area (Å²) in [4.78, 5) is 29.8. The van der Waals surface area contributed by atoms with Crippen LogP contribution in [0, 0.1) is 5.82 Å². The predicted octanol–water partition coefficient (Wildman–Crippen LogP) is 4.93. The van der Waals surface area contributed by atoms with Crippen LogP contribution >= 0.6 is 34.3 Å². The third kappa shape index (κ3) is 6.00. The molecule has 188 valence electrons. The first kappa shape index (κ1) is 25.0. The van der Waals surface area contributed by atoms with Gasteiger partial charge in [-0.2, -0.15) is 0 Å². The maximum atomic E-state index is 13.4. The van der Waals surface area contributed by atoms with Crippen molar-refractivity contribution in [1.29, 1.82) is 0 Å². The molecule has 0 bridgehead atoms. The fourth-order valence-electron chi connectivity index (χ4n) is 3.29. The van der Waals surface area contributed by atoms with Crippen molar-refractivity contribution in [2.45, 2.75) is 13.2 Å². The van der Waals surface area contributed by atoms with E-state index in [0.717, 1.165) is 0 Å². The van der Waals surface area contributed by atoms with Gasteiger partial charge in [-0.25, -0.2) is 24.3 Å². The number of ether oxygens (including phenoxy) is 1. The summed E-state index contributed by atoms with van der Waals surface area (Å²) < 4.78 is 19.1. The number of anilines is 2. The maximum absolute atomic E-state index is 13.4. The van der Waals surface area contributed by atoms with Crippen molar-refractivity contribution in [3.05, 3.63) is 76.3 Å². The van der Waals surface area contributed by atoms with Gasteiger partial charge in [0.15, 0.2) is 15.8 Å². The van der Waals surface area contributed by atoms with Crippen molar-refractivity contribution >= 4 is 62.0 Å². The second-order valence-corrected chi connectivity index (χ2v) is 9.91. The Bertz CT molecular complexity index is 1580. The van der Waals surface area contributed by atoms with Crippen LogP contribution in [-0.4, -0.2) is 37.6 Å². The van der Waals surface area contributed by atoms with E-state index in [1.807, 2.05) is 5.38 Å². The van der Waals surface area contributed by atoms with Crippen LogP contribution in [0.1, 0.15) is 11.3 Å². The van der Waals surface area contributed by atoms with E-state index in [1.165, 1.54) is 41.1 Å². The van der Waals surface area contributed by atoms with Gasteiger partial charge in [0.1, 0.15) is 41.5 Å². The molecule has 0 saturated heterocycles. The van der Waals surface area contributed by atoms with Gasteiger partial charge >= 0.3 is 0 Å². The topological polar surface area (TPSA) is 122 Å². The van der Waals surface area contributed by atoms with Crippen LogP contribution in [0.5, 0.6) is 5.75 Å². The number of fused-ring (bicyclic) bond motifs is 1. The van der Waals surface area contributed by atoms with E-state index >= 15 is 0 Å².